The van der Waals surface area contributed by atoms with E-state index in [0.717, 1.165) is 35.6 Å². The van der Waals surface area contributed by atoms with Gasteiger partial charge in [-0.3, -0.25) is 0 Å². The monoisotopic (exact) mass is 233 g/mol. The highest BCUT2D eigenvalue weighted by Crippen LogP contribution is 2.28. The quantitative estimate of drug-likeness (QED) is 0.843. The van der Waals surface area contributed by atoms with E-state index in [1.807, 2.05) is 19.1 Å². The Hall–Kier alpha value is -1.25. The van der Waals surface area contributed by atoms with Crippen LogP contribution in [0.4, 0.5) is 11.5 Å². The van der Waals surface area contributed by atoms with Gasteiger partial charge in [0.25, 0.3) is 0 Å². The minimum absolute atomic E-state index is 0.766. The Morgan fingerprint density at radius 2 is 2.00 bits per heavy atom. The molecule has 0 aliphatic heterocycles. The molecule has 1 aromatic rings. The fourth-order valence-electron chi connectivity index (χ4n) is 2.45. The molecule has 3 N–H and O–H groups in total. The molecule has 0 unspecified atom stereocenters. The standard InChI is InChI=1S/C14H23N3/c1-10-3-5-12(6-4-10)9-16-14-8-7-13(15)11(2)17-14/h7-8,10,12H,3-6,9,15H2,1-2H3,(H,16,17). The lowest BCUT2D eigenvalue weighted by molar-refractivity contribution is 0.300. The number of nitrogens with zero attached hydrogens (tertiary/aromatic N) is 1. The first-order valence-corrected chi connectivity index (χ1v) is 6.62. The molecule has 94 valence electrons. The third kappa shape index (κ3) is 3.35. The van der Waals surface area contributed by atoms with Gasteiger partial charge in [0.1, 0.15) is 5.82 Å². The Kier molecular flexibility index (Phi) is 3.87. The van der Waals surface area contributed by atoms with E-state index in [9.17, 15) is 0 Å². The third-order valence-electron chi connectivity index (χ3n) is 3.83. The van der Waals surface area contributed by atoms with Crippen molar-refractivity contribution in [3.8, 4) is 0 Å². The van der Waals surface area contributed by atoms with Crippen molar-refractivity contribution in [1.82, 2.24) is 4.98 Å². The predicted molar refractivity (Wildman–Crippen MR) is 73.0 cm³/mol. The Bertz CT molecular complexity index is 368. The number of aromatic nitrogens is 1. The number of anilines is 2. The van der Waals surface area contributed by atoms with Crippen LogP contribution in [0.3, 0.4) is 0 Å². The molecule has 0 radical (unpaired) electrons. The average Bonchev–Trinajstić information content (AvgIpc) is 2.33. The first-order valence-electron chi connectivity index (χ1n) is 6.62. The Labute approximate surface area is 104 Å². The van der Waals surface area contributed by atoms with Crippen LogP contribution < -0.4 is 11.1 Å². The van der Waals surface area contributed by atoms with Crippen LogP contribution in [-0.2, 0) is 0 Å². The lowest BCUT2D eigenvalue weighted by Crippen LogP contribution is -2.20. The number of nitrogen functional groups attached to an aromatic ring is 1. The summed E-state index contributed by atoms with van der Waals surface area (Å²) >= 11 is 0. The topological polar surface area (TPSA) is 50.9 Å². The molecule has 3 nitrogen and oxygen atoms in total. The molecule has 1 aromatic heterocycles. The smallest absolute Gasteiger partial charge is 0.126 e. The maximum atomic E-state index is 5.75. The van der Waals surface area contributed by atoms with Crippen LogP contribution in [0.5, 0.6) is 0 Å². The second-order valence-corrected chi connectivity index (χ2v) is 5.38. The SMILES string of the molecule is Cc1nc(NCC2CCC(C)CC2)ccc1N. The summed E-state index contributed by atoms with van der Waals surface area (Å²) in [6.07, 6.45) is 5.45. The second-order valence-electron chi connectivity index (χ2n) is 5.38. The summed E-state index contributed by atoms with van der Waals surface area (Å²) < 4.78 is 0. The Balaban J connectivity index is 1.83. The molecule has 0 bridgehead atoms. The molecule has 0 amide bonds. The second kappa shape index (κ2) is 5.39. The maximum Gasteiger partial charge on any atom is 0.126 e. The minimum atomic E-state index is 0.766. The summed E-state index contributed by atoms with van der Waals surface area (Å²) in [6, 6.07) is 3.89. The Morgan fingerprint density at radius 3 is 2.65 bits per heavy atom. The molecule has 17 heavy (non-hydrogen) atoms. The molecule has 0 aromatic carbocycles. The van der Waals surface area contributed by atoms with E-state index < -0.39 is 0 Å². The zero-order chi connectivity index (χ0) is 12.3. The van der Waals surface area contributed by atoms with Gasteiger partial charge in [-0.25, -0.2) is 4.98 Å². The molecule has 1 aliphatic carbocycles. The van der Waals surface area contributed by atoms with Crippen molar-refractivity contribution in [2.24, 2.45) is 11.8 Å². The van der Waals surface area contributed by atoms with Gasteiger partial charge in [0, 0.05) is 6.54 Å². The molecule has 0 spiro atoms. The zero-order valence-corrected chi connectivity index (χ0v) is 10.9. The predicted octanol–water partition coefficient (Wildman–Crippen LogP) is 3.21. The molecule has 1 heterocycles. The molecular formula is C14H23N3. The van der Waals surface area contributed by atoms with Crippen molar-refractivity contribution < 1.29 is 0 Å². The van der Waals surface area contributed by atoms with E-state index >= 15 is 0 Å². The van der Waals surface area contributed by atoms with E-state index in [0.29, 0.717) is 0 Å². The first-order chi connectivity index (χ1) is 8.15. The highest BCUT2D eigenvalue weighted by Gasteiger charge is 2.17. The molecule has 0 saturated heterocycles. The van der Waals surface area contributed by atoms with Gasteiger partial charge in [0.15, 0.2) is 0 Å². The van der Waals surface area contributed by atoms with Crippen molar-refractivity contribution in [3.63, 3.8) is 0 Å². The van der Waals surface area contributed by atoms with Gasteiger partial charge in [0.05, 0.1) is 11.4 Å². The normalized spacial score (nSPS) is 24.6. The van der Waals surface area contributed by atoms with Crippen LogP contribution >= 0.6 is 0 Å². The van der Waals surface area contributed by atoms with Gasteiger partial charge in [-0.1, -0.05) is 19.8 Å². The molecule has 0 atom stereocenters. The number of pyridine rings is 1. The number of rotatable bonds is 3. The average molecular weight is 233 g/mol. The highest BCUT2D eigenvalue weighted by molar-refractivity contribution is 5.48. The van der Waals surface area contributed by atoms with Crippen molar-refractivity contribution in [2.45, 2.75) is 39.5 Å². The maximum absolute atomic E-state index is 5.75. The molecule has 2 rings (SSSR count). The summed E-state index contributed by atoms with van der Waals surface area (Å²) in [6.45, 7) is 5.35. The summed E-state index contributed by atoms with van der Waals surface area (Å²) in [7, 11) is 0. The van der Waals surface area contributed by atoms with Gasteiger partial charge >= 0.3 is 0 Å². The number of nitrogens with one attached hydrogen (secondary N) is 1. The molecule has 3 heteroatoms. The number of aryl methyl sites for hydroxylation is 1. The fourth-order valence-corrected chi connectivity index (χ4v) is 2.45. The summed E-state index contributed by atoms with van der Waals surface area (Å²) in [5, 5.41) is 3.43. The van der Waals surface area contributed by atoms with Crippen LogP contribution in [0.25, 0.3) is 0 Å². The molecular weight excluding hydrogens is 210 g/mol. The van der Waals surface area contributed by atoms with Gasteiger partial charge in [-0.05, 0) is 43.7 Å². The van der Waals surface area contributed by atoms with Gasteiger partial charge < -0.3 is 11.1 Å². The molecule has 1 aliphatic rings. The highest BCUT2D eigenvalue weighted by atomic mass is 15.0. The van der Waals surface area contributed by atoms with E-state index in [2.05, 4.69) is 17.2 Å². The largest absolute Gasteiger partial charge is 0.397 e. The minimum Gasteiger partial charge on any atom is -0.397 e. The number of nitrogens with two attached hydrogens (primary N) is 1. The van der Waals surface area contributed by atoms with Gasteiger partial charge in [-0.2, -0.15) is 0 Å². The summed E-state index contributed by atoms with van der Waals surface area (Å²) in [5.41, 5.74) is 7.43. The van der Waals surface area contributed by atoms with Crippen molar-refractivity contribution in [3.05, 3.63) is 17.8 Å². The lowest BCUT2D eigenvalue weighted by atomic mass is 9.83. The van der Waals surface area contributed by atoms with Crippen LogP contribution in [-0.4, -0.2) is 11.5 Å². The lowest BCUT2D eigenvalue weighted by Gasteiger charge is -2.26. The van der Waals surface area contributed by atoms with E-state index in [4.69, 9.17) is 5.73 Å². The molecule has 1 saturated carbocycles. The van der Waals surface area contributed by atoms with Gasteiger partial charge in [0.2, 0.25) is 0 Å². The fraction of sp³-hybridized carbons (Fsp3) is 0.643. The van der Waals surface area contributed by atoms with Gasteiger partial charge in [-0.15, -0.1) is 0 Å². The third-order valence-corrected chi connectivity index (χ3v) is 3.83. The van der Waals surface area contributed by atoms with Crippen molar-refractivity contribution >= 4 is 11.5 Å². The number of hydrogen-bond acceptors (Lipinski definition) is 3. The first kappa shape index (κ1) is 12.2. The van der Waals surface area contributed by atoms with E-state index in [-0.39, 0.29) is 0 Å². The van der Waals surface area contributed by atoms with Crippen LogP contribution in [0, 0.1) is 18.8 Å². The summed E-state index contributed by atoms with van der Waals surface area (Å²) in [4.78, 5) is 4.44. The van der Waals surface area contributed by atoms with Crippen LogP contribution in [0.2, 0.25) is 0 Å². The zero-order valence-electron chi connectivity index (χ0n) is 10.9. The molecule has 1 fully saturated rings. The van der Waals surface area contributed by atoms with E-state index in [1.165, 1.54) is 25.7 Å². The van der Waals surface area contributed by atoms with Crippen LogP contribution in [0.15, 0.2) is 12.1 Å². The Morgan fingerprint density at radius 1 is 1.29 bits per heavy atom. The van der Waals surface area contributed by atoms with Crippen molar-refractivity contribution in [1.29, 1.82) is 0 Å². The van der Waals surface area contributed by atoms with E-state index in [1.54, 1.807) is 0 Å². The summed E-state index contributed by atoms with van der Waals surface area (Å²) in [5.74, 6) is 2.68. The van der Waals surface area contributed by atoms with Crippen LogP contribution in [0.1, 0.15) is 38.3 Å². The van der Waals surface area contributed by atoms with Crippen molar-refractivity contribution in [2.75, 3.05) is 17.6 Å². The number of hydrogen-bond donors (Lipinski definition) is 2.